The number of amides is 3. The van der Waals surface area contributed by atoms with E-state index in [2.05, 4.69) is 10.6 Å². The second kappa shape index (κ2) is 8.06. The Kier molecular flexibility index (Phi) is 4.96. The summed E-state index contributed by atoms with van der Waals surface area (Å²) in [4.78, 5) is 42.4. The average Bonchev–Trinajstić information content (AvgIpc) is 3.44. The Morgan fingerprint density at radius 1 is 0.829 bits per heavy atom. The van der Waals surface area contributed by atoms with Crippen LogP contribution in [0.3, 0.4) is 0 Å². The largest absolute Gasteiger partial charge is 0.508 e. The maximum Gasteiger partial charge on any atom is 0.250 e. The number of imide groups is 1. The van der Waals surface area contributed by atoms with Gasteiger partial charge in [0.1, 0.15) is 11.3 Å². The fraction of sp³-hybridized carbons (Fsp3) is 0.250. The molecule has 0 aliphatic carbocycles. The van der Waals surface area contributed by atoms with Crippen molar-refractivity contribution < 1.29 is 19.5 Å². The van der Waals surface area contributed by atoms with Crippen molar-refractivity contribution in [2.45, 2.75) is 24.4 Å². The van der Waals surface area contributed by atoms with E-state index in [1.165, 1.54) is 4.90 Å². The number of hydrogen-bond donors (Lipinski definition) is 3. The molecule has 3 aromatic carbocycles. The first-order chi connectivity index (χ1) is 17.0. The molecule has 3 aliphatic heterocycles. The van der Waals surface area contributed by atoms with Crippen LogP contribution >= 0.6 is 0 Å². The van der Waals surface area contributed by atoms with Crippen LogP contribution in [0, 0.1) is 11.8 Å². The van der Waals surface area contributed by atoms with Crippen LogP contribution in [0.5, 0.6) is 5.75 Å². The minimum absolute atomic E-state index is 0.158. The molecule has 7 nitrogen and oxygen atoms in total. The summed E-state index contributed by atoms with van der Waals surface area (Å²) in [5.74, 6) is -2.16. The Labute approximate surface area is 202 Å². The summed E-state index contributed by atoms with van der Waals surface area (Å²) in [7, 11) is 0. The van der Waals surface area contributed by atoms with Gasteiger partial charge in [-0.3, -0.25) is 24.6 Å². The highest BCUT2D eigenvalue weighted by atomic mass is 16.3. The number of nitrogens with zero attached hydrogens (tertiary/aromatic N) is 1. The lowest BCUT2D eigenvalue weighted by atomic mass is 9.76. The van der Waals surface area contributed by atoms with Gasteiger partial charge >= 0.3 is 0 Å². The zero-order chi connectivity index (χ0) is 24.2. The fourth-order valence-electron chi connectivity index (χ4n) is 5.98. The van der Waals surface area contributed by atoms with Crippen LogP contribution < -0.4 is 10.6 Å². The quantitative estimate of drug-likeness (QED) is 0.501. The van der Waals surface area contributed by atoms with Crippen molar-refractivity contribution in [2.75, 3.05) is 11.9 Å². The van der Waals surface area contributed by atoms with Crippen molar-refractivity contribution in [3.8, 4) is 5.75 Å². The number of phenols is 1. The van der Waals surface area contributed by atoms with Crippen LogP contribution in [-0.4, -0.2) is 40.3 Å². The number of hydrogen-bond acceptors (Lipinski definition) is 5. The number of phenolic OH excluding ortho intramolecular Hbond substituents is 1. The lowest BCUT2D eigenvalue weighted by Crippen LogP contribution is -2.53. The molecule has 0 saturated carbocycles. The second-order valence-corrected chi connectivity index (χ2v) is 9.50. The van der Waals surface area contributed by atoms with E-state index in [1.807, 2.05) is 54.6 Å². The lowest BCUT2D eigenvalue weighted by Gasteiger charge is -2.29. The van der Waals surface area contributed by atoms with Gasteiger partial charge in [-0.05, 0) is 42.2 Å². The third-order valence-corrected chi connectivity index (χ3v) is 7.57. The molecule has 35 heavy (non-hydrogen) atoms. The summed E-state index contributed by atoms with van der Waals surface area (Å²) in [5.41, 5.74) is 2.03. The fourth-order valence-corrected chi connectivity index (χ4v) is 5.98. The summed E-state index contributed by atoms with van der Waals surface area (Å²) in [5, 5.41) is 16.0. The maximum atomic E-state index is 13.8. The third-order valence-electron chi connectivity index (χ3n) is 7.57. The van der Waals surface area contributed by atoms with Gasteiger partial charge < -0.3 is 10.4 Å². The molecule has 0 aromatic heterocycles. The Bertz CT molecular complexity index is 1320. The Morgan fingerprint density at radius 2 is 1.54 bits per heavy atom. The molecular formula is C28H25N3O4. The third kappa shape index (κ3) is 3.26. The first-order valence-electron chi connectivity index (χ1n) is 11.8. The summed E-state index contributed by atoms with van der Waals surface area (Å²) < 4.78 is 0. The monoisotopic (exact) mass is 467 g/mol. The van der Waals surface area contributed by atoms with Crippen LogP contribution in [0.25, 0.3) is 0 Å². The van der Waals surface area contributed by atoms with E-state index in [0.29, 0.717) is 24.1 Å². The van der Waals surface area contributed by atoms with E-state index in [0.717, 1.165) is 11.1 Å². The molecule has 7 heteroatoms. The number of benzene rings is 3. The highest BCUT2D eigenvalue weighted by Crippen LogP contribution is 2.53. The Hall–Kier alpha value is -3.97. The van der Waals surface area contributed by atoms with Crippen molar-refractivity contribution in [3.63, 3.8) is 0 Å². The van der Waals surface area contributed by atoms with Crippen LogP contribution in [0.15, 0.2) is 78.9 Å². The first kappa shape index (κ1) is 21.6. The number of likely N-dealkylation sites (tertiary alicyclic amines) is 1. The van der Waals surface area contributed by atoms with Gasteiger partial charge in [0.05, 0.1) is 11.8 Å². The smallest absolute Gasteiger partial charge is 0.250 e. The van der Waals surface area contributed by atoms with Gasteiger partial charge in [0.2, 0.25) is 17.7 Å². The molecule has 0 radical (unpaired) electrons. The minimum atomic E-state index is -1.29. The Balaban J connectivity index is 1.39. The number of aromatic hydroxyl groups is 1. The van der Waals surface area contributed by atoms with Crippen LogP contribution in [0.2, 0.25) is 0 Å². The van der Waals surface area contributed by atoms with E-state index >= 15 is 0 Å². The molecule has 0 bridgehead atoms. The molecule has 3 aromatic rings. The number of anilines is 1. The van der Waals surface area contributed by atoms with E-state index in [9.17, 15) is 19.5 Å². The van der Waals surface area contributed by atoms with Gasteiger partial charge in [0.25, 0.3) is 0 Å². The molecular weight excluding hydrogens is 442 g/mol. The predicted molar refractivity (Wildman–Crippen MR) is 129 cm³/mol. The van der Waals surface area contributed by atoms with E-state index in [-0.39, 0.29) is 30.0 Å². The molecule has 1 spiro atoms. The molecule has 2 fully saturated rings. The molecule has 3 aliphatic rings. The zero-order valence-electron chi connectivity index (χ0n) is 19.0. The molecule has 3 N–H and O–H groups in total. The number of rotatable bonds is 5. The number of para-hydroxylation sites is 1. The molecule has 4 atom stereocenters. The normalized spacial score (nSPS) is 26.8. The highest BCUT2D eigenvalue weighted by molar-refractivity contribution is 6.15. The first-order valence-corrected chi connectivity index (χ1v) is 11.8. The van der Waals surface area contributed by atoms with Crippen molar-refractivity contribution >= 4 is 23.4 Å². The summed E-state index contributed by atoms with van der Waals surface area (Å²) in [6, 6.07) is 23.5. The van der Waals surface area contributed by atoms with Crippen molar-refractivity contribution in [3.05, 3.63) is 95.6 Å². The van der Waals surface area contributed by atoms with Gasteiger partial charge in [0, 0.05) is 23.8 Å². The standard InChI is InChI=1S/C28H25N3O4/c32-19-12-10-18(11-13-19)16-22-23-24(28(30-22)20-8-4-5-9-21(20)29-27(28)35)26(34)31(25(23)33)15-14-17-6-2-1-3-7-17/h1-13,22-24,30,32H,14-16H2,(H,29,35)/t22-,23+,24-,28-/m0/s1. The molecule has 0 unspecified atom stereocenters. The summed E-state index contributed by atoms with van der Waals surface area (Å²) in [6.45, 7) is 0.278. The minimum Gasteiger partial charge on any atom is -0.508 e. The number of carbonyl (C=O) groups excluding carboxylic acids is 3. The SMILES string of the molecule is O=C1[C@@H]2[C@H](Cc3ccc(O)cc3)N[C@]3(C(=O)Nc4ccccc43)[C@@H]2C(=O)N1CCc1ccccc1. The molecule has 3 heterocycles. The van der Waals surface area contributed by atoms with Crippen LogP contribution in [0.4, 0.5) is 5.69 Å². The van der Waals surface area contributed by atoms with E-state index in [4.69, 9.17) is 0 Å². The Morgan fingerprint density at radius 3 is 2.31 bits per heavy atom. The zero-order valence-corrected chi connectivity index (χ0v) is 19.0. The number of fused-ring (bicyclic) bond motifs is 4. The predicted octanol–water partition coefficient (Wildman–Crippen LogP) is 2.60. The maximum absolute atomic E-state index is 13.8. The second-order valence-electron chi connectivity index (χ2n) is 9.50. The lowest BCUT2D eigenvalue weighted by molar-refractivity contribution is -0.142. The highest BCUT2D eigenvalue weighted by Gasteiger charge is 2.70. The van der Waals surface area contributed by atoms with Crippen molar-refractivity contribution in [2.24, 2.45) is 11.8 Å². The van der Waals surface area contributed by atoms with Crippen molar-refractivity contribution in [1.29, 1.82) is 0 Å². The molecule has 2 saturated heterocycles. The molecule has 6 rings (SSSR count). The van der Waals surface area contributed by atoms with Crippen molar-refractivity contribution in [1.82, 2.24) is 10.2 Å². The topological polar surface area (TPSA) is 98.7 Å². The van der Waals surface area contributed by atoms with Gasteiger partial charge in [-0.25, -0.2) is 0 Å². The van der Waals surface area contributed by atoms with Gasteiger partial charge in [-0.15, -0.1) is 0 Å². The molecule has 3 amide bonds. The average molecular weight is 468 g/mol. The number of carbonyl (C=O) groups is 3. The summed E-state index contributed by atoms with van der Waals surface area (Å²) >= 11 is 0. The number of nitrogens with one attached hydrogen (secondary N) is 2. The van der Waals surface area contributed by atoms with E-state index < -0.39 is 23.4 Å². The van der Waals surface area contributed by atoms with E-state index in [1.54, 1.807) is 24.3 Å². The molecule has 176 valence electrons. The van der Waals surface area contributed by atoms with Gasteiger partial charge in [0.15, 0.2) is 0 Å². The van der Waals surface area contributed by atoms with Crippen LogP contribution in [0.1, 0.15) is 16.7 Å². The summed E-state index contributed by atoms with van der Waals surface area (Å²) in [6.07, 6.45) is 1.01. The van der Waals surface area contributed by atoms with Gasteiger partial charge in [-0.2, -0.15) is 0 Å². The van der Waals surface area contributed by atoms with Gasteiger partial charge in [-0.1, -0.05) is 60.7 Å². The van der Waals surface area contributed by atoms with Crippen LogP contribution in [-0.2, 0) is 32.8 Å².